The summed E-state index contributed by atoms with van der Waals surface area (Å²) in [5, 5.41) is 3.17. The van der Waals surface area contributed by atoms with Gasteiger partial charge in [0.15, 0.2) is 0 Å². The third kappa shape index (κ3) is 3.81. The van der Waals surface area contributed by atoms with Crippen molar-refractivity contribution in [3.05, 3.63) is 29.8 Å². The summed E-state index contributed by atoms with van der Waals surface area (Å²) in [4.78, 5) is 11.5. The van der Waals surface area contributed by atoms with E-state index in [0.29, 0.717) is 6.54 Å². The third-order valence-electron chi connectivity index (χ3n) is 3.59. The first kappa shape index (κ1) is 15.9. The molecule has 1 aliphatic rings. The Morgan fingerprint density at radius 1 is 1.48 bits per heavy atom. The smallest absolute Gasteiger partial charge is 0.243 e. The van der Waals surface area contributed by atoms with Crippen molar-refractivity contribution >= 4 is 15.9 Å². The third-order valence-corrected chi connectivity index (χ3v) is 5.48. The van der Waals surface area contributed by atoms with Crippen LogP contribution in [-0.2, 0) is 14.8 Å². The molecule has 0 saturated carbocycles. The van der Waals surface area contributed by atoms with Gasteiger partial charge in [0, 0.05) is 12.6 Å². The zero-order valence-corrected chi connectivity index (χ0v) is 12.9. The van der Waals surface area contributed by atoms with Crippen LogP contribution in [0.15, 0.2) is 29.2 Å². The van der Waals surface area contributed by atoms with E-state index >= 15 is 0 Å². The Balaban J connectivity index is 2.36. The highest BCUT2D eigenvalue weighted by Gasteiger charge is 2.33. The van der Waals surface area contributed by atoms with E-state index in [1.807, 2.05) is 13.0 Å². The van der Waals surface area contributed by atoms with Crippen molar-refractivity contribution in [3.8, 4) is 0 Å². The van der Waals surface area contributed by atoms with E-state index in [0.717, 1.165) is 24.9 Å². The molecule has 1 saturated heterocycles. The Hall–Kier alpha value is -1.44. The highest BCUT2D eigenvalue weighted by atomic mass is 32.2. The number of carbonyl (C=O) groups excluding carboxylic acids is 1. The number of hydrogen-bond acceptors (Lipinski definition) is 4. The second-order valence-electron chi connectivity index (χ2n) is 5.33. The molecule has 0 aliphatic carbocycles. The van der Waals surface area contributed by atoms with E-state index in [-0.39, 0.29) is 17.5 Å². The van der Waals surface area contributed by atoms with Crippen molar-refractivity contribution in [2.24, 2.45) is 5.73 Å². The van der Waals surface area contributed by atoms with Gasteiger partial charge in [0.2, 0.25) is 15.9 Å². The predicted molar refractivity (Wildman–Crippen MR) is 80.2 cm³/mol. The summed E-state index contributed by atoms with van der Waals surface area (Å²) < 4.78 is 26.9. The van der Waals surface area contributed by atoms with E-state index in [4.69, 9.17) is 5.73 Å². The maximum atomic E-state index is 12.8. The van der Waals surface area contributed by atoms with Crippen LogP contribution in [0.25, 0.3) is 0 Å². The maximum absolute atomic E-state index is 12.8. The van der Waals surface area contributed by atoms with Gasteiger partial charge in [-0.3, -0.25) is 4.79 Å². The Bertz CT molecular complexity index is 610. The molecule has 3 N–H and O–H groups in total. The number of nitrogens with two attached hydrogens (primary N) is 1. The first-order valence-electron chi connectivity index (χ1n) is 6.99. The summed E-state index contributed by atoms with van der Waals surface area (Å²) in [6.07, 6.45) is 1.61. The lowest BCUT2D eigenvalue weighted by Crippen LogP contribution is -2.51. The van der Waals surface area contributed by atoms with E-state index < -0.39 is 15.9 Å². The normalized spacial score (nSPS) is 19.6. The Kier molecular flexibility index (Phi) is 4.97. The Morgan fingerprint density at radius 3 is 2.81 bits per heavy atom. The fourth-order valence-electron chi connectivity index (χ4n) is 2.55. The first-order chi connectivity index (χ1) is 9.91. The molecular formula is C14H21N3O3S. The van der Waals surface area contributed by atoms with Crippen molar-refractivity contribution in [2.75, 3.05) is 19.6 Å². The number of piperidine rings is 1. The molecule has 1 atom stereocenters. The molecule has 0 radical (unpaired) electrons. The average molecular weight is 311 g/mol. The molecule has 6 nitrogen and oxygen atoms in total. The summed E-state index contributed by atoms with van der Waals surface area (Å²) in [6.45, 7) is 2.95. The number of sulfonamides is 1. The summed E-state index contributed by atoms with van der Waals surface area (Å²) in [6, 6.07) is 6.45. The lowest BCUT2D eigenvalue weighted by Gasteiger charge is -2.33. The number of carbonyl (C=O) groups is 1. The van der Waals surface area contributed by atoms with Gasteiger partial charge in [-0.2, -0.15) is 4.31 Å². The minimum Gasteiger partial charge on any atom is -0.369 e. The van der Waals surface area contributed by atoms with Gasteiger partial charge in [0.25, 0.3) is 0 Å². The molecule has 1 aliphatic heterocycles. The SMILES string of the molecule is Cc1cccc(S(=O)(=O)N(CC(N)=O)C2CCCNC2)c1. The van der Waals surface area contributed by atoms with Crippen LogP contribution < -0.4 is 11.1 Å². The second-order valence-corrected chi connectivity index (χ2v) is 7.22. The van der Waals surface area contributed by atoms with Gasteiger partial charge in [0.1, 0.15) is 0 Å². The number of hydrogen-bond donors (Lipinski definition) is 2. The van der Waals surface area contributed by atoms with Crippen molar-refractivity contribution in [1.29, 1.82) is 0 Å². The maximum Gasteiger partial charge on any atom is 0.243 e. The molecule has 2 rings (SSSR count). The van der Waals surface area contributed by atoms with Crippen LogP contribution in [0.5, 0.6) is 0 Å². The van der Waals surface area contributed by atoms with Crippen molar-refractivity contribution in [2.45, 2.75) is 30.7 Å². The first-order valence-corrected chi connectivity index (χ1v) is 8.43. The Morgan fingerprint density at radius 2 is 2.24 bits per heavy atom. The van der Waals surface area contributed by atoms with Crippen molar-refractivity contribution in [3.63, 3.8) is 0 Å². The number of primary amides is 1. The summed E-state index contributed by atoms with van der Waals surface area (Å²) in [5.41, 5.74) is 6.10. The van der Waals surface area contributed by atoms with Gasteiger partial charge in [-0.05, 0) is 44.0 Å². The van der Waals surface area contributed by atoms with E-state index in [1.165, 1.54) is 4.31 Å². The fraction of sp³-hybridized carbons (Fsp3) is 0.500. The summed E-state index contributed by atoms with van der Waals surface area (Å²) >= 11 is 0. The van der Waals surface area contributed by atoms with E-state index in [1.54, 1.807) is 18.2 Å². The molecule has 1 aromatic carbocycles. The number of aryl methyl sites for hydroxylation is 1. The van der Waals surface area contributed by atoms with Gasteiger partial charge in [-0.1, -0.05) is 12.1 Å². The van der Waals surface area contributed by atoms with Crippen LogP contribution in [0, 0.1) is 6.92 Å². The van der Waals surface area contributed by atoms with Gasteiger partial charge in [0.05, 0.1) is 11.4 Å². The molecule has 1 amide bonds. The van der Waals surface area contributed by atoms with Crippen LogP contribution in [0.4, 0.5) is 0 Å². The van der Waals surface area contributed by atoms with Crippen molar-refractivity contribution in [1.82, 2.24) is 9.62 Å². The van der Waals surface area contributed by atoms with Gasteiger partial charge >= 0.3 is 0 Å². The number of rotatable bonds is 5. The fourth-order valence-corrected chi connectivity index (χ4v) is 4.28. The molecule has 0 aromatic heterocycles. The number of benzene rings is 1. The van der Waals surface area contributed by atoms with Gasteiger partial charge < -0.3 is 11.1 Å². The molecule has 1 fully saturated rings. The minimum absolute atomic E-state index is 0.203. The Labute approximate surface area is 125 Å². The largest absolute Gasteiger partial charge is 0.369 e. The van der Waals surface area contributed by atoms with Crippen LogP contribution in [0.3, 0.4) is 0 Å². The zero-order chi connectivity index (χ0) is 15.5. The predicted octanol–water partition coefficient (Wildman–Crippen LogP) is 0.223. The zero-order valence-electron chi connectivity index (χ0n) is 12.1. The summed E-state index contributed by atoms with van der Waals surface area (Å²) in [7, 11) is -3.73. The molecule has 7 heteroatoms. The minimum atomic E-state index is -3.73. The summed E-state index contributed by atoms with van der Waals surface area (Å²) in [5.74, 6) is -0.642. The molecule has 0 spiro atoms. The lowest BCUT2D eigenvalue weighted by atomic mass is 10.1. The average Bonchev–Trinajstić information content (AvgIpc) is 2.45. The molecule has 0 bridgehead atoms. The van der Waals surface area contributed by atoms with E-state index in [9.17, 15) is 13.2 Å². The van der Waals surface area contributed by atoms with Gasteiger partial charge in [-0.25, -0.2) is 8.42 Å². The quantitative estimate of drug-likeness (QED) is 0.814. The molecule has 1 heterocycles. The molecule has 1 aromatic rings. The van der Waals surface area contributed by atoms with Crippen LogP contribution in [0.2, 0.25) is 0 Å². The number of amides is 1. The highest BCUT2D eigenvalue weighted by molar-refractivity contribution is 7.89. The molecule has 1 unspecified atom stereocenters. The van der Waals surface area contributed by atoms with Crippen LogP contribution >= 0.6 is 0 Å². The number of nitrogens with zero attached hydrogens (tertiary/aromatic N) is 1. The lowest BCUT2D eigenvalue weighted by molar-refractivity contribution is -0.118. The van der Waals surface area contributed by atoms with Crippen LogP contribution in [-0.4, -0.2) is 44.3 Å². The van der Waals surface area contributed by atoms with Gasteiger partial charge in [-0.15, -0.1) is 0 Å². The molecule has 116 valence electrons. The van der Waals surface area contributed by atoms with Crippen molar-refractivity contribution < 1.29 is 13.2 Å². The second kappa shape index (κ2) is 6.55. The topological polar surface area (TPSA) is 92.5 Å². The molecule has 21 heavy (non-hydrogen) atoms. The molecular weight excluding hydrogens is 290 g/mol. The highest BCUT2D eigenvalue weighted by Crippen LogP contribution is 2.22. The monoisotopic (exact) mass is 311 g/mol. The number of nitrogens with one attached hydrogen (secondary N) is 1. The van der Waals surface area contributed by atoms with Crippen LogP contribution in [0.1, 0.15) is 18.4 Å². The standard InChI is InChI=1S/C14H21N3O3S/c1-11-4-2-6-13(8-11)21(19,20)17(10-14(15)18)12-5-3-7-16-9-12/h2,4,6,8,12,16H,3,5,7,9-10H2,1H3,(H2,15,18). The van der Waals surface area contributed by atoms with E-state index in [2.05, 4.69) is 5.32 Å².